The van der Waals surface area contributed by atoms with Gasteiger partial charge in [-0.05, 0) is 38.6 Å². The zero-order valence-corrected chi connectivity index (χ0v) is 12.2. The lowest BCUT2D eigenvalue weighted by atomic mass is 10.2. The van der Waals surface area contributed by atoms with Crippen LogP contribution in [0.15, 0.2) is 24.3 Å². The van der Waals surface area contributed by atoms with Gasteiger partial charge in [-0.25, -0.2) is 0 Å². The van der Waals surface area contributed by atoms with Crippen LogP contribution in [0.1, 0.15) is 18.9 Å². The van der Waals surface area contributed by atoms with E-state index in [-0.39, 0.29) is 11.9 Å². The van der Waals surface area contributed by atoms with Crippen LogP contribution < -0.4 is 5.32 Å². The first-order chi connectivity index (χ1) is 9.58. The van der Waals surface area contributed by atoms with Crippen LogP contribution in [0.5, 0.6) is 0 Å². The van der Waals surface area contributed by atoms with E-state index in [1.54, 1.807) is 31.4 Å². The van der Waals surface area contributed by atoms with Crippen molar-refractivity contribution in [1.29, 1.82) is 5.26 Å². The first-order valence-corrected chi connectivity index (χ1v) is 6.58. The van der Waals surface area contributed by atoms with Gasteiger partial charge in [0.2, 0.25) is 5.91 Å². The second kappa shape index (κ2) is 8.31. The minimum absolute atomic E-state index is 0.0833. The Hall–Kier alpha value is -1.90. The third-order valence-electron chi connectivity index (χ3n) is 3.16. The van der Waals surface area contributed by atoms with Gasteiger partial charge in [0, 0.05) is 25.9 Å². The second-order valence-electron chi connectivity index (χ2n) is 4.68. The molecule has 1 amide bonds. The number of carbonyl (C=O) groups excluding carboxylic acids is 1. The smallest absolute Gasteiger partial charge is 0.241 e. The Bertz CT molecular complexity index is 482. The van der Waals surface area contributed by atoms with Gasteiger partial charge in [0.25, 0.3) is 0 Å². The van der Waals surface area contributed by atoms with E-state index in [4.69, 9.17) is 10.00 Å². The van der Waals surface area contributed by atoms with Crippen molar-refractivity contribution in [2.75, 3.05) is 32.6 Å². The van der Waals surface area contributed by atoms with Gasteiger partial charge in [0.1, 0.15) is 0 Å². The maximum atomic E-state index is 12.1. The lowest BCUT2D eigenvalue weighted by molar-refractivity contribution is -0.120. The van der Waals surface area contributed by atoms with Crippen molar-refractivity contribution in [2.24, 2.45) is 0 Å². The first-order valence-electron chi connectivity index (χ1n) is 6.58. The summed E-state index contributed by atoms with van der Waals surface area (Å²) in [4.78, 5) is 14.1. The van der Waals surface area contributed by atoms with E-state index in [0.717, 1.165) is 13.0 Å². The molecule has 1 aromatic carbocycles. The highest BCUT2D eigenvalue weighted by atomic mass is 16.5. The van der Waals surface area contributed by atoms with E-state index in [2.05, 4.69) is 11.4 Å². The van der Waals surface area contributed by atoms with Crippen LogP contribution in [-0.2, 0) is 9.53 Å². The Morgan fingerprint density at radius 2 is 2.30 bits per heavy atom. The molecule has 1 rings (SSSR count). The number of nitriles is 1. The molecular weight excluding hydrogens is 254 g/mol. The number of ether oxygens (including phenoxy) is 1. The molecule has 0 aliphatic rings. The molecule has 5 heteroatoms. The molecule has 0 saturated heterocycles. The predicted molar refractivity (Wildman–Crippen MR) is 78.4 cm³/mol. The van der Waals surface area contributed by atoms with Crippen molar-refractivity contribution < 1.29 is 9.53 Å². The standard InChI is InChI=1S/C15H21N3O2/c1-12(18(2)8-5-9-20-3)15(19)17-14-7-4-6-13(10-14)11-16/h4,6-7,10,12H,5,8-9H2,1-3H3,(H,17,19). The summed E-state index contributed by atoms with van der Waals surface area (Å²) in [5.74, 6) is -0.0833. The summed E-state index contributed by atoms with van der Waals surface area (Å²) in [6.45, 7) is 3.33. The molecule has 1 N–H and O–H groups in total. The Balaban J connectivity index is 2.54. The van der Waals surface area contributed by atoms with Crippen molar-refractivity contribution in [3.05, 3.63) is 29.8 Å². The largest absolute Gasteiger partial charge is 0.385 e. The van der Waals surface area contributed by atoms with Gasteiger partial charge >= 0.3 is 0 Å². The summed E-state index contributed by atoms with van der Waals surface area (Å²) in [6, 6.07) is 8.70. The number of likely N-dealkylation sites (N-methyl/N-ethyl adjacent to an activating group) is 1. The summed E-state index contributed by atoms with van der Waals surface area (Å²) < 4.78 is 5.00. The third-order valence-corrected chi connectivity index (χ3v) is 3.16. The van der Waals surface area contributed by atoms with Crippen molar-refractivity contribution in [3.8, 4) is 6.07 Å². The lowest BCUT2D eigenvalue weighted by Crippen LogP contribution is -2.40. The van der Waals surface area contributed by atoms with Crippen LogP contribution in [0.4, 0.5) is 5.69 Å². The molecule has 1 atom stereocenters. The van der Waals surface area contributed by atoms with Gasteiger partial charge in [-0.15, -0.1) is 0 Å². The number of anilines is 1. The third kappa shape index (κ3) is 5.00. The van der Waals surface area contributed by atoms with Gasteiger partial charge in [0.05, 0.1) is 17.7 Å². The predicted octanol–water partition coefficient (Wildman–Crippen LogP) is 1.85. The van der Waals surface area contributed by atoms with Crippen LogP contribution in [0.3, 0.4) is 0 Å². The summed E-state index contributed by atoms with van der Waals surface area (Å²) >= 11 is 0. The van der Waals surface area contributed by atoms with Crippen molar-refractivity contribution in [2.45, 2.75) is 19.4 Å². The van der Waals surface area contributed by atoms with Gasteiger partial charge in [-0.2, -0.15) is 5.26 Å². The molecule has 0 aliphatic carbocycles. The number of rotatable bonds is 7. The molecule has 0 aliphatic heterocycles. The maximum Gasteiger partial charge on any atom is 0.241 e. The highest BCUT2D eigenvalue weighted by Gasteiger charge is 2.17. The zero-order chi connectivity index (χ0) is 15.0. The number of hydrogen-bond donors (Lipinski definition) is 1. The number of nitrogens with one attached hydrogen (secondary N) is 1. The van der Waals surface area contributed by atoms with Crippen LogP contribution in [0, 0.1) is 11.3 Å². The number of amides is 1. The fourth-order valence-corrected chi connectivity index (χ4v) is 1.77. The molecule has 0 radical (unpaired) electrons. The number of hydrogen-bond acceptors (Lipinski definition) is 4. The van der Waals surface area contributed by atoms with E-state index in [1.165, 1.54) is 0 Å². The van der Waals surface area contributed by atoms with Gasteiger partial charge in [0.15, 0.2) is 0 Å². The fourth-order valence-electron chi connectivity index (χ4n) is 1.77. The molecule has 0 aromatic heterocycles. The monoisotopic (exact) mass is 275 g/mol. The number of benzene rings is 1. The van der Waals surface area contributed by atoms with E-state index >= 15 is 0 Å². The Labute approximate surface area is 120 Å². The number of methoxy groups -OCH3 is 1. The van der Waals surface area contributed by atoms with E-state index in [0.29, 0.717) is 17.9 Å². The van der Waals surface area contributed by atoms with E-state index in [9.17, 15) is 4.79 Å². The summed E-state index contributed by atoms with van der Waals surface area (Å²) in [7, 11) is 3.57. The summed E-state index contributed by atoms with van der Waals surface area (Å²) in [5, 5.41) is 11.7. The Morgan fingerprint density at radius 3 is 2.95 bits per heavy atom. The number of nitrogens with zero attached hydrogens (tertiary/aromatic N) is 2. The average molecular weight is 275 g/mol. The fraction of sp³-hybridized carbons (Fsp3) is 0.467. The summed E-state index contributed by atoms with van der Waals surface area (Å²) in [6.07, 6.45) is 0.883. The molecule has 0 heterocycles. The van der Waals surface area contributed by atoms with Gasteiger partial charge in [-0.1, -0.05) is 6.07 Å². The van der Waals surface area contributed by atoms with Crippen molar-refractivity contribution in [3.63, 3.8) is 0 Å². The topological polar surface area (TPSA) is 65.4 Å². The highest BCUT2D eigenvalue weighted by Crippen LogP contribution is 2.11. The normalized spacial score (nSPS) is 11.9. The zero-order valence-electron chi connectivity index (χ0n) is 12.2. The molecule has 0 saturated carbocycles. The molecular formula is C15H21N3O2. The van der Waals surface area contributed by atoms with Crippen LogP contribution >= 0.6 is 0 Å². The maximum absolute atomic E-state index is 12.1. The number of carbonyl (C=O) groups is 1. The van der Waals surface area contributed by atoms with Crippen molar-refractivity contribution >= 4 is 11.6 Å². The quantitative estimate of drug-likeness (QED) is 0.771. The molecule has 5 nitrogen and oxygen atoms in total. The Morgan fingerprint density at radius 1 is 1.55 bits per heavy atom. The summed E-state index contributed by atoms with van der Waals surface area (Å²) in [5.41, 5.74) is 1.18. The van der Waals surface area contributed by atoms with Crippen LogP contribution in [0.2, 0.25) is 0 Å². The van der Waals surface area contributed by atoms with Gasteiger partial charge in [-0.3, -0.25) is 9.69 Å². The Kier molecular flexibility index (Phi) is 6.71. The van der Waals surface area contributed by atoms with Crippen LogP contribution in [0.25, 0.3) is 0 Å². The van der Waals surface area contributed by atoms with Gasteiger partial charge < -0.3 is 10.1 Å². The first kappa shape index (κ1) is 16.2. The molecule has 0 bridgehead atoms. The van der Waals surface area contributed by atoms with E-state index < -0.39 is 0 Å². The molecule has 0 fully saturated rings. The van der Waals surface area contributed by atoms with Crippen LogP contribution in [-0.4, -0.2) is 44.2 Å². The highest BCUT2D eigenvalue weighted by molar-refractivity contribution is 5.94. The molecule has 0 spiro atoms. The minimum atomic E-state index is -0.238. The minimum Gasteiger partial charge on any atom is -0.385 e. The molecule has 1 aromatic rings. The lowest BCUT2D eigenvalue weighted by Gasteiger charge is -2.23. The van der Waals surface area contributed by atoms with E-state index in [1.807, 2.05) is 18.9 Å². The second-order valence-corrected chi connectivity index (χ2v) is 4.68. The molecule has 108 valence electrons. The van der Waals surface area contributed by atoms with Crippen molar-refractivity contribution in [1.82, 2.24) is 4.90 Å². The molecule has 20 heavy (non-hydrogen) atoms. The average Bonchev–Trinajstić information content (AvgIpc) is 2.46. The SMILES string of the molecule is COCCCN(C)C(C)C(=O)Nc1cccc(C#N)c1. The molecule has 1 unspecified atom stereocenters.